The van der Waals surface area contributed by atoms with Gasteiger partial charge in [0.2, 0.25) is 0 Å². The minimum Gasteiger partial charge on any atom is -0.481 e. The second-order valence-electron chi connectivity index (χ2n) is 8.58. The number of piperidine rings is 1. The van der Waals surface area contributed by atoms with E-state index in [1.54, 1.807) is 0 Å². The van der Waals surface area contributed by atoms with Crippen LogP contribution in [0, 0.1) is 18.8 Å². The minimum absolute atomic E-state index is 0.345. The zero-order valence-electron chi connectivity index (χ0n) is 17.0. The molecule has 1 atom stereocenters. The average molecular weight is 425 g/mol. The molecule has 0 radical (unpaired) electrons. The van der Waals surface area contributed by atoms with Crippen LogP contribution in [0.25, 0.3) is 16.9 Å². The second kappa shape index (κ2) is 7.58. The van der Waals surface area contributed by atoms with Gasteiger partial charge in [-0.25, -0.2) is 4.98 Å². The molecule has 0 spiro atoms. The molecule has 2 fully saturated rings. The molecule has 7 heteroatoms. The van der Waals surface area contributed by atoms with E-state index >= 15 is 0 Å². The van der Waals surface area contributed by atoms with E-state index in [1.807, 2.05) is 34.8 Å². The number of aromatic nitrogens is 3. The summed E-state index contributed by atoms with van der Waals surface area (Å²) < 4.78 is 1.93. The zero-order valence-corrected chi connectivity index (χ0v) is 17.8. The van der Waals surface area contributed by atoms with E-state index in [0.717, 1.165) is 54.2 Å². The van der Waals surface area contributed by atoms with E-state index in [2.05, 4.69) is 11.8 Å². The summed E-state index contributed by atoms with van der Waals surface area (Å²) in [4.78, 5) is 18.8. The number of carboxylic acid groups (broad SMARTS) is 1. The molecule has 30 heavy (non-hydrogen) atoms. The Bertz CT molecular complexity index is 1100. The van der Waals surface area contributed by atoms with Crippen molar-refractivity contribution >= 4 is 29.0 Å². The van der Waals surface area contributed by atoms with Crippen molar-refractivity contribution in [3.05, 3.63) is 46.6 Å². The van der Waals surface area contributed by atoms with Crippen LogP contribution < -0.4 is 4.90 Å². The molecule has 1 aliphatic heterocycles. The lowest BCUT2D eigenvalue weighted by molar-refractivity contribution is -0.141. The van der Waals surface area contributed by atoms with Crippen molar-refractivity contribution < 1.29 is 9.90 Å². The Kier molecular flexibility index (Phi) is 4.89. The largest absolute Gasteiger partial charge is 0.481 e. The van der Waals surface area contributed by atoms with Gasteiger partial charge in [0.05, 0.1) is 11.6 Å². The van der Waals surface area contributed by atoms with E-state index in [0.29, 0.717) is 17.5 Å². The average Bonchev–Trinajstić information content (AvgIpc) is 3.46. The number of aliphatic carboxylic acids is 1. The number of hydrogen-bond donors (Lipinski definition) is 1. The van der Waals surface area contributed by atoms with Gasteiger partial charge in [-0.2, -0.15) is 9.61 Å². The molecule has 5 rings (SSSR count). The van der Waals surface area contributed by atoms with Gasteiger partial charge in [-0.3, -0.25) is 4.79 Å². The molecular formula is C23H25ClN4O2. The summed E-state index contributed by atoms with van der Waals surface area (Å²) in [5.74, 6) is 0.666. The van der Waals surface area contributed by atoms with Gasteiger partial charge < -0.3 is 10.0 Å². The molecule has 3 aromatic rings. The van der Waals surface area contributed by atoms with Crippen LogP contribution in [0.3, 0.4) is 0 Å². The van der Waals surface area contributed by atoms with Gasteiger partial charge in [-0.1, -0.05) is 23.7 Å². The maximum atomic E-state index is 11.7. The Morgan fingerprint density at radius 1 is 1.23 bits per heavy atom. The maximum absolute atomic E-state index is 11.7. The number of carbonyl (C=O) groups is 1. The highest BCUT2D eigenvalue weighted by atomic mass is 35.5. The fourth-order valence-corrected chi connectivity index (χ4v) is 4.57. The lowest BCUT2D eigenvalue weighted by atomic mass is 9.97. The van der Waals surface area contributed by atoms with Crippen molar-refractivity contribution in [1.29, 1.82) is 0 Å². The van der Waals surface area contributed by atoms with Crippen molar-refractivity contribution in [2.75, 3.05) is 18.0 Å². The summed E-state index contributed by atoms with van der Waals surface area (Å²) in [6.45, 7) is 3.42. The molecule has 3 heterocycles. The third kappa shape index (κ3) is 3.65. The van der Waals surface area contributed by atoms with Crippen molar-refractivity contribution in [2.24, 2.45) is 11.8 Å². The first-order valence-corrected chi connectivity index (χ1v) is 11.0. The number of halogens is 1. The normalized spacial score (nSPS) is 19.4. The van der Waals surface area contributed by atoms with Gasteiger partial charge in [-0.15, -0.1) is 0 Å². The summed E-state index contributed by atoms with van der Waals surface area (Å²) in [6, 6.07) is 9.65. The Morgan fingerprint density at radius 3 is 2.70 bits per heavy atom. The predicted octanol–water partition coefficient (Wildman–Crippen LogP) is 4.61. The summed E-state index contributed by atoms with van der Waals surface area (Å²) in [7, 11) is 0. The van der Waals surface area contributed by atoms with E-state index < -0.39 is 5.97 Å². The quantitative estimate of drug-likeness (QED) is 0.647. The summed E-state index contributed by atoms with van der Waals surface area (Å²) in [5.41, 5.74) is 4.85. The molecule has 1 saturated carbocycles. The van der Waals surface area contributed by atoms with Crippen LogP contribution in [0.15, 0.2) is 30.3 Å². The van der Waals surface area contributed by atoms with Crippen LogP contribution in [0.2, 0.25) is 5.02 Å². The van der Waals surface area contributed by atoms with Gasteiger partial charge >= 0.3 is 5.97 Å². The van der Waals surface area contributed by atoms with E-state index in [1.165, 1.54) is 18.4 Å². The highest BCUT2D eigenvalue weighted by Gasteiger charge is 2.31. The molecule has 1 unspecified atom stereocenters. The second-order valence-corrected chi connectivity index (χ2v) is 9.01. The molecule has 1 aromatic carbocycles. The van der Waals surface area contributed by atoms with Crippen molar-refractivity contribution in [1.82, 2.24) is 14.6 Å². The lowest BCUT2D eigenvalue weighted by Crippen LogP contribution is -2.40. The third-order valence-corrected chi connectivity index (χ3v) is 6.53. The number of rotatable bonds is 5. The van der Waals surface area contributed by atoms with Gasteiger partial charge in [0.1, 0.15) is 5.82 Å². The van der Waals surface area contributed by atoms with Crippen molar-refractivity contribution in [3.63, 3.8) is 0 Å². The molecular weight excluding hydrogens is 400 g/mol. The van der Waals surface area contributed by atoms with Crippen LogP contribution in [-0.4, -0.2) is 38.8 Å². The number of nitrogens with zero attached hydrogens (tertiary/aromatic N) is 4. The van der Waals surface area contributed by atoms with Gasteiger partial charge in [-0.05, 0) is 57.1 Å². The first-order chi connectivity index (χ1) is 14.5. The standard InChI is InChI=1S/C23H25ClN4O2/c1-14-19(11-15-4-5-15)22(27-10-2-3-17(13-27)23(29)30)28-21(25-14)12-20(26-28)16-6-8-18(24)9-7-16/h6-9,12,15,17H,2-5,10-11,13H2,1H3,(H,29,30). The Labute approximate surface area is 180 Å². The van der Waals surface area contributed by atoms with Gasteiger partial charge in [0.25, 0.3) is 0 Å². The van der Waals surface area contributed by atoms with Crippen molar-refractivity contribution in [3.8, 4) is 11.3 Å². The minimum atomic E-state index is -0.715. The van der Waals surface area contributed by atoms with Crippen LogP contribution >= 0.6 is 11.6 Å². The van der Waals surface area contributed by atoms with E-state index in [9.17, 15) is 9.90 Å². The molecule has 156 valence electrons. The molecule has 2 aliphatic rings. The van der Waals surface area contributed by atoms with E-state index in [4.69, 9.17) is 21.7 Å². The Balaban J connectivity index is 1.64. The first kappa shape index (κ1) is 19.4. The summed E-state index contributed by atoms with van der Waals surface area (Å²) >= 11 is 6.05. The smallest absolute Gasteiger partial charge is 0.308 e. The predicted molar refractivity (Wildman–Crippen MR) is 117 cm³/mol. The summed E-state index contributed by atoms with van der Waals surface area (Å²) in [6.07, 6.45) is 5.09. The Morgan fingerprint density at radius 2 is 2.00 bits per heavy atom. The number of anilines is 1. The number of aryl methyl sites for hydroxylation is 1. The monoisotopic (exact) mass is 424 g/mol. The fraction of sp³-hybridized carbons (Fsp3) is 0.435. The number of benzene rings is 1. The van der Waals surface area contributed by atoms with Crippen LogP contribution in [0.1, 0.15) is 36.9 Å². The van der Waals surface area contributed by atoms with Crippen LogP contribution in [-0.2, 0) is 11.2 Å². The molecule has 1 aliphatic carbocycles. The number of carboxylic acids is 1. The SMILES string of the molecule is Cc1nc2cc(-c3ccc(Cl)cc3)nn2c(N2CCCC(C(=O)O)C2)c1CC1CC1. The molecule has 1 N–H and O–H groups in total. The first-order valence-electron chi connectivity index (χ1n) is 10.6. The van der Waals surface area contributed by atoms with Gasteiger partial charge in [0.15, 0.2) is 5.65 Å². The molecule has 6 nitrogen and oxygen atoms in total. The van der Waals surface area contributed by atoms with E-state index in [-0.39, 0.29) is 5.92 Å². The molecule has 0 amide bonds. The highest BCUT2D eigenvalue weighted by Crippen LogP contribution is 2.38. The van der Waals surface area contributed by atoms with Crippen LogP contribution in [0.4, 0.5) is 5.82 Å². The fourth-order valence-electron chi connectivity index (χ4n) is 4.44. The lowest BCUT2D eigenvalue weighted by Gasteiger charge is -2.34. The zero-order chi connectivity index (χ0) is 20.8. The Hall–Kier alpha value is -2.60. The molecule has 0 bridgehead atoms. The molecule has 1 saturated heterocycles. The maximum Gasteiger partial charge on any atom is 0.308 e. The van der Waals surface area contributed by atoms with Crippen molar-refractivity contribution in [2.45, 2.75) is 39.0 Å². The highest BCUT2D eigenvalue weighted by molar-refractivity contribution is 6.30. The number of fused-ring (bicyclic) bond motifs is 1. The summed E-state index contributed by atoms with van der Waals surface area (Å²) in [5, 5.41) is 15.2. The molecule has 2 aromatic heterocycles. The topological polar surface area (TPSA) is 70.7 Å². The third-order valence-electron chi connectivity index (χ3n) is 6.28. The number of hydrogen-bond acceptors (Lipinski definition) is 4. The van der Waals surface area contributed by atoms with Gasteiger partial charge in [0, 0.05) is 41.0 Å². The van der Waals surface area contributed by atoms with Crippen LogP contribution in [0.5, 0.6) is 0 Å².